The standard InChI is InChI=1S/C15H17N5O2/c1-18(15(22)12-6-7-14(21)19(2)17-12)11-9-20(10-11)13-5-3-4-8-16-13/h3-8,11H,9-10H2,1-2H3. The molecule has 22 heavy (non-hydrogen) atoms. The van der Waals surface area contributed by atoms with Crippen molar-refractivity contribution in [2.75, 3.05) is 25.0 Å². The van der Waals surface area contributed by atoms with Gasteiger partial charge in [-0.1, -0.05) is 6.07 Å². The molecule has 0 bridgehead atoms. The smallest absolute Gasteiger partial charge is 0.274 e. The van der Waals surface area contributed by atoms with Crippen molar-refractivity contribution in [1.29, 1.82) is 0 Å². The molecule has 114 valence electrons. The van der Waals surface area contributed by atoms with E-state index in [-0.39, 0.29) is 23.2 Å². The van der Waals surface area contributed by atoms with Gasteiger partial charge in [0.05, 0.1) is 6.04 Å². The maximum atomic E-state index is 12.4. The van der Waals surface area contributed by atoms with E-state index in [1.54, 1.807) is 18.1 Å². The van der Waals surface area contributed by atoms with Crippen LogP contribution < -0.4 is 10.5 Å². The Bertz CT molecular complexity index is 737. The van der Waals surface area contributed by atoms with E-state index in [4.69, 9.17) is 0 Å². The van der Waals surface area contributed by atoms with Crippen molar-refractivity contribution in [3.63, 3.8) is 0 Å². The minimum Gasteiger partial charge on any atom is -0.352 e. The molecule has 2 aromatic heterocycles. The summed E-state index contributed by atoms with van der Waals surface area (Å²) in [6.07, 6.45) is 1.76. The van der Waals surface area contributed by atoms with Crippen molar-refractivity contribution in [3.05, 3.63) is 52.6 Å². The number of carbonyl (C=O) groups excluding carboxylic acids is 1. The third kappa shape index (κ3) is 2.57. The van der Waals surface area contributed by atoms with Crippen LogP contribution in [-0.4, -0.2) is 51.8 Å². The summed E-state index contributed by atoms with van der Waals surface area (Å²) in [7, 11) is 3.29. The molecule has 0 spiro atoms. The van der Waals surface area contributed by atoms with E-state index in [0.717, 1.165) is 18.9 Å². The summed E-state index contributed by atoms with van der Waals surface area (Å²) in [4.78, 5) is 31.8. The number of amides is 1. The molecule has 0 aromatic carbocycles. The molecule has 3 heterocycles. The summed E-state index contributed by atoms with van der Waals surface area (Å²) < 4.78 is 1.17. The van der Waals surface area contributed by atoms with Crippen molar-refractivity contribution in [3.8, 4) is 0 Å². The topological polar surface area (TPSA) is 71.3 Å². The predicted octanol–water partition coefficient (Wildman–Crippen LogP) is 0.136. The first-order valence-corrected chi connectivity index (χ1v) is 7.04. The lowest BCUT2D eigenvalue weighted by Crippen LogP contribution is -2.60. The Labute approximate surface area is 127 Å². The number of rotatable bonds is 3. The molecule has 1 fully saturated rings. The fourth-order valence-electron chi connectivity index (χ4n) is 2.39. The van der Waals surface area contributed by atoms with Crippen molar-refractivity contribution in [2.45, 2.75) is 6.04 Å². The zero-order valence-corrected chi connectivity index (χ0v) is 12.5. The molecule has 3 rings (SSSR count). The van der Waals surface area contributed by atoms with Gasteiger partial charge in [-0.15, -0.1) is 0 Å². The summed E-state index contributed by atoms with van der Waals surface area (Å²) in [6.45, 7) is 1.48. The Morgan fingerprint density at radius 3 is 2.68 bits per heavy atom. The highest BCUT2D eigenvalue weighted by molar-refractivity contribution is 5.92. The first kappa shape index (κ1) is 14.2. The molecule has 1 aliphatic heterocycles. The molecule has 1 amide bonds. The zero-order chi connectivity index (χ0) is 15.7. The largest absolute Gasteiger partial charge is 0.352 e. The maximum Gasteiger partial charge on any atom is 0.274 e. The lowest BCUT2D eigenvalue weighted by molar-refractivity contribution is 0.0696. The summed E-state index contributed by atoms with van der Waals surface area (Å²) in [5.74, 6) is 0.737. The van der Waals surface area contributed by atoms with Crippen molar-refractivity contribution >= 4 is 11.7 Å². The summed E-state index contributed by atoms with van der Waals surface area (Å²) in [6, 6.07) is 8.71. The second-order valence-corrected chi connectivity index (χ2v) is 5.34. The van der Waals surface area contributed by atoms with E-state index in [2.05, 4.69) is 15.0 Å². The van der Waals surface area contributed by atoms with Crippen molar-refractivity contribution < 1.29 is 4.79 Å². The fraction of sp³-hybridized carbons (Fsp3) is 0.333. The van der Waals surface area contributed by atoms with E-state index in [1.807, 2.05) is 18.2 Å². The number of carbonyl (C=O) groups is 1. The lowest BCUT2D eigenvalue weighted by atomic mass is 10.1. The molecule has 0 unspecified atom stereocenters. The fourth-order valence-corrected chi connectivity index (χ4v) is 2.39. The van der Waals surface area contributed by atoms with E-state index in [0.29, 0.717) is 0 Å². The lowest BCUT2D eigenvalue weighted by Gasteiger charge is -2.44. The van der Waals surface area contributed by atoms with Gasteiger partial charge < -0.3 is 9.80 Å². The van der Waals surface area contributed by atoms with Crippen LogP contribution in [-0.2, 0) is 7.05 Å². The van der Waals surface area contributed by atoms with Gasteiger partial charge in [0.25, 0.3) is 11.5 Å². The third-order valence-electron chi connectivity index (χ3n) is 3.88. The van der Waals surface area contributed by atoms with Crippen LogP contribution in [0.1, 0.15) is 10.5 Å². The molecule has 0 aliphatic carbocycles. The van der Waals surface area contributed by atoms with Gasteiger partial charge >= 0.3 is 0 Å². The van der Waals surface area contributed by atoms with Gasteiger partial charge in [-0.05, 0) is 18.2 Å². The number of nitrogens with zero attached hydrogens (tertiary/aromatic N) is 5. The Morgan fingerprint density at radius 2 is 2.05 bits per heavy atom. The molecule has 2 aromatic rings. The van der Waals surface area contributed by atoms with Gasteiger partial charge in [0.15, 0.2) is 0 Å². The first-order chi connectivity index (χ1) is 10.6. The minimum absolute atomic E-state index is 0.119. The molecule has 0 N–H and O–H groups in total. The quantitative estimate of drug-likeness (QED) is 0.806. The van der Waals surface area contributed by atoms with Crippen LogP contribution in [0.4, 0.5) is 5.82 Å². The number of likely N-dealkylation sites (N-methyl/N-ethyl adjacent to an activating group) is 1. The van der Waals surface area contributed by atoms with Gasteiger partial charge in [-0.25, -0.2) is 9.67 Å². The van der Waals surface area contributed by atoms with Crippen LogP contribution >= 0.6 is 0 Å². The van der Waals surface area contributed by atoms with Crippen LogP contribution in [0, 0.1) is 0 Å². The second-order valence-electron chi connectivity index (χ2n) is 5.34. The average molecular weight is 299 g/mol. The van der Waals surface area contributed by atoms with Gasteiger partial charge in [0, 0.05) is 39.4 Å². The van der Waals surface area contributed by atoms with Gasteiger partial charge in [0.2, 0.25) is 0 Å². The van der Waals surface area contributed by atoms with E-state index < -0.39 is 0 Å². The Kier molecular flexibility index (Phi) is 3.62. The normalized spacial score (nSPS) is 14.5. The van der Waals surface area contributed by atoms with Crippen LogP contribution in [0.5, 0.6) is 0 Å². The highest BCUT2D eigenvalue weighted by Gasteiger charge is 2.33. The summed E-state index contributed by atoms with van der Waals surface area (Å²) >= 11 is 0. The van der Waals surface area contributed by atoms with Crippen LogP contribution in [0.15, 0.2) is 41.3 Å². The average Bonchev–Trinajstić information content (AvgIpc) is 2.49. The van der Waals surface area contributed by atoms with Crippen molar-refractivity contribution in [2.24, 2.45) is 7.05 Å². The van der Waals surface area contributed by atoms with Crippen LogP contribution in [0.2, 0.25) is 0 Å². The van der Waals surface area contributed by atoms with Gasteiger partial charge in [-0.2, -0.15) is 5.10 Å². The molecule has 7 heteroatoms. The Balaban J connectivity index is 1.65. The number of anilines is 1. The Hall–Kier alpha value is -2.70. The second kappa shape index (κ2) is 5.59. The summed E-state index contributed by atoms with van der Waals surface area (Å²) in [5.41, 5.74) is 0.0464. The SMILES string of the molecule is CN(C(=O)c1ccc(=O)n(C)n1)C1CN(c2ccccn2)C1. The molecule has 0 saturated carbocycles. The van der Waals surface area contributed by atoms with Crippen LogP contribution in [0.25, 0.3) is 0 Å². The van der Waals surface area contributed by atoms with Crippen molar-refractivity contribution in [1.82, 2.24) is 19.7 Å². The highest BCUT2D eigenvalue weighted by Crippen LogP contribution is 2.21. The molecule has 7 nitrogen and oxygen atoms in total. The number of hydrogen-bond donors (Lipinski definition) is 0. The molecule has 1 aliphatic rings. The number of aryl methyl sites for hydroxylation is 1. The monoisotopic (exact) mass is 299 g/mol. The summed E-state index contributed by atoms with van der Waals surface area (Å²) in [5, 5.41) is 4.00. The highest BCUT2D eigenvalue weighted by atomic mass is 16.2. The van der Waals surface area contributed by atoms with E-state index in [9.17, 15) is 9.59 Å². The molecule has 0 atom stereocenters. The number of hydrogen-bond acceptors (Lipinski definition) is 5. The van der Waals surface area contributed by atoms with E-state index >= 15 is 0 Å². The van der Waals surface area contributed by atoms with Crippen LogP contribution in [0.3, 0.4) is 0 Å². The number of aromatic nitrogens is 3. The molecule has 0 radical (unpaired) electrons. The third-order valence-corrected chi connectivity index (χ3v) is 3.88. The number of pyridine rings is 1. The van der Waals surface area contributed by atoms with Gasteiger partial charge in [0.1, 0.15) is 11.5 Å². The minimum atomic E-state index is -0.232. The molecular weight excluding hydrogens is 282 g/mol. The zero-order valence-electron chi connectivity index (χ0n) is 12.5. The van der Waals surface area contributed by atoms with Gasteiger partial charge in [-0.3, -0.25) is 9.59 Å². The maximum absolute atomic E-state index is 12.4. The molecular formula is C15H17N5O2. The predicted molar refractivity (Wildman–Crippen MR) is 81.8 cm³/mol. The molecule has 1 saturated heterocycles. The van der Waals surface area contributed by atoms with E-state index in [1.165, 1.54) is 23.9 Å². The first-order valence-electron chi connectivity index (χ1n) is 7.04. The Morgan fingerprint density at radius 1 is 1.27 bits per heavy atom.